The topological polar surface area (TPSA) is 143 Å². The zero-order valence-corrected chi connectivity index (χ0v) is 36.6. The summed E-state index contributed by atoms with van der Waals surface area (Å²) in [5.41, 5.74) is 5.92. The number of aryl methyl sites for hydroxylation is 2. The molecule has 1 amide bonds. The SMILES string of the molecule is C=CCO[C@@]12Oc3ccc(Oc4ccc(C)c(C)c4)cc3[C@H]3[C@H](CCCCO)[C@@H](CCCCO)C=C(C(=NOC4CCCCO4)C[C@@H]1N(CCC)C(=O)c1ccc(C#N)cc1)[C@H]32. The maximum absolute atomic E-state index is 15.0. The fraction of sp³-hybridized carbons (Fsp3) is 0.510. The first kappa shape index (κ1) is 45.0. The van der Waals surface area contributed by atoms with E-state index in [1.54, 1.807) is 30.3 Å². The van der Waals surface area contributed by atoms with E-state index in [1.165, 1.54) is 5.56 Å². The predicted octanol–water partition coefficient (Wildman–Crippen LogP) is 9.68. The molecule has 2 N–H and O–H groups in total. The molecule has 2 aliphatic carbocycles. The van der Waals surface area contributed by atoms with Gasteiger partial charge in [-0.2, -0.15) is 5.26 Å². The van der Waals surface area contributed by atoms with Crippen LogP contribution in [0, 0.1) is 42.9 Å². The number of carbonyl (C=O) groups excluding carboxylic acids is 1. The van der Waals surface area contributed by atoms with Crippen LogP contribution >= 0.6 is 0 Å². The lowest BCUT2D eigenvalue weighted by Gasteiger charge is -2.60. The van der Waals surface area contributed by atoms with E-state index >= 15 is 0 Å². The second-order valence-corrected chi connectivity index (χ2v) is 17.2. The fourth-order valence-corrected chi connectivity index (χ4v) is 10.0. The van der Waals surface area contributed by atoms with Gasteiger partial charge in [0.05, 0.1) is 36.5 Å². The van der Waals surface area contributed by atoms with Gasteiger partial charge >= 0.3 is 0 Å². The van der Waals surface area contributed by atoms with Crippen molar-refractivity contribution in [3.63, 3.8) is 0 Å². The number of aliphatic hydroxyl groups is 2. The Morgan fingerprint density at radius 1 is 1.00 bits per heavy atom. The molecule has 3 aromatic carbocycles. The number of oxime groups is 1. The molecular formula is C51H63N3O8. The standard InChI is InChI=1S/C51H63N3O8/c1-5-24-54(50(57)37-19-17-36(33-52)18-20-37)46-32-44(53-62-47-15-9-12-28-58-47)42-30-38(13-7-10-25-55)41(14-8-11-26-56)48-43-31-40(60-39-21-16-34(3)35(4)29-39)22-23-45(43)61-51(46,49(42)48)59-27-6-2/h6,16-23,29-31,38,41,46-49,55-56H,2,5,7-15,24-28,32H2,1,3-4H3/t38-,41+,46-,47?,48+,49+,51+/m0/s1. The first-order valence-electron chi connectivity index (χ1n) is 22.7. The van der Waals surface area contributed by atoms with Gasteiger partial charge in [0, 0.05) is 49.6 Å². The predicted molar refractivity (Wildman–Crippen MR) is 238 cm³/mol. The van der Waals surface area contributed by atoms with Gasteiger partial charge in [-0.15, -0.1) is 6.58 Å². The number of nitrogens with zero attached hydrogens (tertiary/aromatic N) is 3. The molecule has 7 rings (SSSR count). The number of hydrogen-bond acceptors (Lipinski definition) is 10. The normalized spacial score (nSPS) is 25.7. The summed E-state index contributed by atoms with van der Waals surface area (Å²) in [7, 11) is 0. The van der Waals surface area contributed by atoms with Crippen molar-refractivity contribution in [1.29, 1.82) is 5.26 Å². The Hall–Kier alpha value is -4.99. The van der Waals surface area contributed by atoms with E-state index in [0.29, 0.717) is 55.0 Å². The van der Waals surface area contributed by atoms with Crippen molar-refractivity contribution in [2.24, 2.45) is 22.9 Å². The molecule has 62 heavy (non-hydrogen) atoms. The highest BCUT2D eigenvalue weighted by atomic mass is 16.8. The van der Waals surface area contributed by atoms with Gasteiger partial charge in [-0.05, 0) is 142 Å². The fourth-order valence-electron chi connectivity index (χ4n) is 10.0. The summed E-state index contributed by atoms with van der Waals surface area (Å²) in [6.45, 7) is 11.6. The molecule has 0 spiro atoms. The number of aliphatic hydroxyl groups excluding tert-OH is 2. The van der Waals surface area contributed by atoms with E-state index < -0.39 is 24.0 Å². The first-order chi connectivity index (χ1) is 30.2. The lowest BCUT2D eigenvalue weighted by molar-refractivity contribution is -0.254. The summed E-state index contributed by atoms with van der Waals surface area (Å²) in [6.07, 6.45) is 11.9. The van der Waals surface area contributed by atoms with Crippen molar-refractivity contribution >= 4 is 11.6 Å². The van der Waals surface area contributed by atoms with Gasteiger partial charge < -0.3 is 38.9 Å². The van der Waals surface area contributed by atoms with Crippen LogP contribution in [-0.4, -0.2) is 77.8 Å². The zero-order chi connectivity index (χ0) is 43.6. The molecule has 2 fully saturated rings. The van der Waals surface area contributed by atoms with Crippen molar-refractivity contribution in [1.82, 2.24) is 4.90 Å². The van der Waals surface area contributed by atoms with Crippen LogP contribution in [0.1, 0.15) is 116 Å². The van der Waals surface area contributed by atoms with Crippen LogP contribution in [0.4, 0.5) is 0 Å². The van der Waals surface area contributed by atoms with Crippen molar-refractivity contribution < 1.29 is 38.8 Å². The zero-order valence-electron chi connectivity index (χ0n) is 36.6. The van der Waals surface area contributed by atoms with Gasteiger partial charge in [0.25, 0.3) is 5.91 Å². The van der Waals surface area contributed by atoms with Crippen molar-refractivity contribution in [2.45, 2.75) is 115 Å². The Balaban J connectivity index is 1.45. The molecule has 7 atom stereocenters. The van der Waals surface area contributed by atoms with Gasteiger partial charge in [-0.25, -0.2) is 0 Å². The average Bonchev–Trinajstić information content (AvgIpc) is 3.29. The van der Waals surface area contributed by atoms with E-state index in [9.17, 15) is 20.3 Å². The number of rotatable bonds is 19. The lowest BCUT2D eigenvalue weighted by atomic mass is 9.55. The smallest absolute Gasteiger partial charge is 0.254 e. The van der Waals surface area contributed by atoms with Crippen LogP contribution in [0.25, 0.3) is 0 Å². The van der Waals surface area contributed by atoms with Gasteiger partial charge in [-0.1, -0.05) is 43.1 Å². The monoisotopic (exact) mass is 845 g/mol. The van der Waals surface area contributed by atoms with E-state index in [4.69, 9.17) is 28.9 Å². The quantitative estimate of drug-likeness (QED) is 0.0685. The maximum atomic E-state index is 15.0. The minimum Gasteiger partial charge on any atom is -0.459 e. The molecule has 2 aliphatic heterocycles. The van der Waals surface area contributed by atoms with Crippen molar-refractivity contribution in [2.75, 3.05) is 33.0 Å². The Morgan fingerprint density at radius 2 is 1.76 bits per heavy atom. The third kappa shape index (κ3) is 9.64. The highest BCUT2D eigenvalue weighted by Gasteiger charge is 2.65. The van der Waals surface area contributed by atoms with Crippen LogP contribution in [0.5, 0.6) is 17.2 Å². The minimum atomic E-state index is -1.39. The van der Waals surface area contributed by atoms with Crippen LogP contribution in [0.3, 0.4) is 0 Å². The minimum absolute atomic E-state index is 0.0664. The molecule has 4 aliphatic rings. The number of allylic oxidation sites excluding steroid dienone is 1. The van der Waals surface area contributed by atoms with Crippen molar-refractivity contribution in [3.05, 3.63) is 113 Å². The number of nitriles is 1. The summed E-state index contributed by atoms with van der Waals surface area (Å²) in [5, 5.41) is 34.5. The number of carbonyl (C=O) groups is 1. The average molecular weight is 846 g/mol. The summed E-state index contributed by atoms with van der Waals surface area (Å²) in [6, 6.07) is 20.4. The largest absolute Gasteiger partial charge is 0.459 e. The Morgan fingerprint density at radius 3 is 2.45 bits per heavy atom. The molecule has 0 aromatic heterocycles. The highest BCUT2D eigenvalue weighted by Crippen LogP contribution is 2.62. The molecule has 0 bridgehead atoms. The molecule has 3 aromatic rings. The third-order valence-corrected chi connectivity index (χ3v) is 13.1. The Labute approximate surface area is 367 Å². The van der Waals surface area contributed by atoms with Gasteiger partial charge in [0.15, 0.2) is 0 Å². The number of unbranched alkanes of at least 4 members (excludes halogenated alkanes) is 2. The van der Waals surface area contributed by atoms with E-state index in [0.717, 1.165) is 73.1 Å². The molecular weight excluding hydrogens is 783 g/mol. The van der Waals surface area contributed by atoms with Crippen LogP contribution in [-0.2, 0) is 14.3 Å². The molecule has 330 valence electrons. The van der Waals surface area contributed by atoms with E-state index in [-0.39, 0.29) is 49.9 Å². The third-order valence-electron chi connectivity index (χ3n) is 13.1. The molecule has 0 radical (unpaired) electrons. The van der Waals surface area contributed by atoms with Crippen LogP contribution < -0.4 is 9.47 Å². The molecule has 1 saturated carbocycles. The van der Waals surface area contributed by atoms with Gasteiger partial charge in [-0.3, -0.25) is 4.79 Å². The summed E-state index contributed by atoms with van der Waals surface area (Å²) in [4.78, 5) is 23.1. The molecule has 11 heteroatoms. The number of benzene rings is 3. The maximum Gasteiger partial charge on any atom is 0.254 e. The number of hydrogen-bond donors (Lipinski definition) is 2. The van der Waals surface area contributed by atoms with E-state index in [2.05, 4.69) is 51.6 Å². The number of fused-ring (bicyclic) bond motifs is 2. The van der Waals surface area contributed by atoms with E-state index in [1.807, 2.05) is 29.2 Å². The van der Waals surface area contributed by atoms with Gasteiger partial charge in [0.1, 0.15) is 23.3 Å². The second-order valence-electron chi connectivity index (χ2n) is 17.2. The summed E-state index contributed by atoms with van der Waals surface area (Å²) >= 11 is 0. The molecule has 1 saturated heterocycles. The highest BCUT2D eigenvalue weighted by molar-refractivity contribution is 6.03. The lowest BCUT2D eigenvalue weighted by Crippen LogP contribution is -2.70. The molecule has 11 nitrogen and oxygen atoms in total. The van der Waals surface area contributed by atoms with Crippen LogP contribution in [0.2, 0.25) is 0 Å². The Bertz CT molecular complexity index is 2120. The second kappa shape index (κ2) is 20.9. The first-order valence-corrected chi connectivity index (χ1v) is 22.7. The number of ether oxygens (including phenoxy) is 4. The summed E-state index contributed by atoms with van der Waals surface area (Å²) in [5.74, 6) is -0.0169. The molecule has 2 heterocycles. The van der Waals surface area contributed by atoms with Gasteiger partial charge in [0.2, 0.25) is 12.1 Å². The molecule has 1 unspecified atom stereocenters. The van der Waals surface area contributed by atoms with Crippen molar-refractivity contribution in [3.8, 4) is 23.3 Å². The Kier molecular flexibility index (Phi) is 15.2. The van der Waals surface area contributed by atoms with Crippen LogP contribution in [0.15, 0.2) is 90.1 Å². The summed E-state index contributed by atoms with van der Waals surface area (Å²) < 4.78 is 27.2. The number of amides is 1.